The molecule has 0 aliphatic heterocycles. The van der Waals surface area contributed by atoms with E-state index in [0.29, 0.717) is 16.4 Å². The summed E-state index contributed by atoms with van der Waals surface area (Å²) in [4.78, 5) is 19.7. The number of carbonyl (C=O) groups is 1. The third kappa shape index (κ3) is 4.29. The van der Waals surface area contributed by atoms with E-state index in [-0.39, 0.29) is 11.7 Å². The molecule has 1 aromatic heterocycles. The van der Waals surface area contributed by atoms with Gasteiger partial charge in [-0.1, -0.05) is 17.8 Å². The highest BCUT2D eigenvalue weighted by Gasteiger charge is 2.17. The number of halogens is 1. The number of hydrogen-bond donors (Lipinski definition) is 2. The summed E-state index contributed by atoms with van der Waals surface area (Å²) >= 11 is 1.28. The number of hydrogen-bond acceptors (Lipinski definition) is 4. The zero-order valence-electron chi connectivity index (χ0n) is 13.9. The fourth-order valence-corrected chi connectivity index (χ4v) is 3.05. The number of carbonyl (C=O) groups excluding carboxylic acids is 1. The summed E-state index contributed by atoms with van der Waals surface area (Å²) in [5.41, 5.74) is 2.63. The minimum absolute atomic E-state index is 0.190. The van der Waals surface area contributed by atoms with Crippen LogP contribution in [0.3, 0.4) is 0 Å². The number of nitrogens with zero attached hydrogens (tertiary/aromatic N) is 2. The summed E-state index contributed by atoms with van der Waals surface area (Å²) in [6.07, 6.45) is 1.65. The molecule has 0 fully saturated rings. The summed E-state index contributed by atoms with van der Waals surface area (Å²) < 4.78 is 13.0. The molecular weight excluding hydrogens is 351 g/mol. The highest BCUT2D eigenvalue weighted by atomic mass is 32.2. The van der Waals surface area contributed by atoms with Crippen molar-refractivity contribution < 1.29 is 9.18 Å². The maximum absolute atomic E-state index is 13.0. The van der Waals surface area contributed by atoms with Crippen molar-refractivity contribution in [2.45, 2.75) is 17.3 Å². The number of anilines is 1. The monoisotopic (exact) mass is 366 g/mol. The molecule has 2 aromatic carbocycles. The number of aromatic amines is 1. The third-order valence-electron chi connectivity index (χ3n) is 3.62. The number of imidazole rings is 1. The molecule has 26 heavy (non-hydrogen) atoms. The second-order valence-electron chi connectivity index (χ2n) is 5.55. The second kappa shape index (κ2) is 7.85. The van der Waals surface area contributed by atoms with Gasteiger partial charge in [0, 0.05) is 5.69 Å². The van der Waals surface area contributed by atoms with Crippen molar-refractivity contribution in [3.05, 3.63) is 66.1 Å². The van der Waals surface area contributed by atoms with Gasteiger partial charge in [-0.3, -0.25) is 4.79 Å². The first kappa shape index (κ1) is 17.7. The van der Waals surface area contributed by atoms with Gasteiger partial charge in [-0.15, -0.1) is 0 Å². The molecule has 0 aliphatic rings. The summed E-state index contributed by atoms with van der Waals surface area (Å²) in [5.74, 6) is -0.488. The Hall–Kier alpha value is -3.11. The molecule has 2 N–H and O–H groups in total. The van der Waals surface area contributed by atoms with Crippen LogP contribution in [0.5, 0.6) is 0 Å². The second-order valence-corrected chi connectivity index (χ2v) is 6.88. The van der Waals surface area contributed by atoms with E-state index in [2.05, 4.69) is 15.3 Å². The van der Waals surface area contributed by atoms with Gasteiger partial charge in [0.15, 0.2) is 5.16 Å². The third-order valence-corrected chi connectivity index (χ3v) is 4.62. The number of aromatic nitrogens is 2. The molecule has 7 heteroatoms. The lowest BCUT2D eigenvalue weighted by Gasteiger charge is -2.10. The van der Waals surface area contributed by atoms with Crippen molar-refractivity contribution in [3.8, 4) is 17.3 Å². The van der Waals surface area contributed by atoms with Crippen LogP contribution in [0.2, 0.25) is 0 Å². The van der Waals surface area contributed by atoms with E-state index in [1.165, 1.54) is 23.9 Å². The first-order valence-corrected chi connectivity index (χ1v) is 8.72. The van der Waals surface area contributed by atoms with Crippen LogP contribution in [0, 0.1) is 17.1 Å². The average Bonchev–Trinajstić information content (AvgIpc) is 3.11. The first-order valence-electron chi connectivity index (χ1n) is 7.84. The van der Waals surface area contributed by atoms with E-state index < -0.39 is 5.25 Å². The summed E-state index contributed by atoms with van der Waals surface area (Å²) in [6, 6.07) is 14.9. The van der Waals surface area contributed by atoms with Gasteiger partial charge in [0.05, 0.1) is 28.8 Å². The Morgan fingerprint density at radius 2 is 2.08 bits per heavy atom. The van der Waals surface area contributed by atoms with Crippen molar-refractivity contribution in [1.29, 1.82) is 5.26 Å². The number of H-pyrrole nitrogens is 1. The van der Waals surface area contributed by atoms with Gasteiger partial charge in [0.2, 0.25) is 5.91 Å². The van der Waals surface area contributed by atoms with Crippen molar-refractivity contribution in [1.82, 2.24) is 9.97 Å². The van der Waals surface area contributed by atoms with Crippen LogP contribution in [0.15, 0.2) is 59.9 Å². The van der Waals surface area contributed by atoms with Gasteiger partial charge in [-0.05, 0) is 55.0 Å². The molecule has 3 rings (SSSR count). The van der Waals surface area contributed by atoms with Crippen molar-refractivity contribution >= 4 is 23.4 Å². The number of rotatable bonds is 5. The maximum atomic E-state index is 13.0. The van der Waals surface area contributed by atoms with Crippen LogP contribution in [0.1, 0.15) is 12.5 Å². The SMILES string of the molecule is C[C@H](Sc1ncc(-c2ccc(F)cc2)[nH]1)C(=O)Nc1cccc(C#N)c1. The van der Waals surface area contributed by atoms with Crippen molar-refractivity contribution in [2.75, 3.05) is 5.32 Å². The van der Waals surface area contributed by atoms with Gasteiger partial charge in [0.1, 0.15) is 5.82 Å². The van der Waals surface area contributed by atoms with Crippen LogP contribution in [0.4, 0.5) is 10.1 Å². The Morgan fingerprint density at radius 1 is 1.31 bits per heavy atom. The van der Waals surface area contributed by atoms with Gasteiger partial charge >= 0.3 is 0 Å². The Morgan fingerprint density at radius 3 is 2.81 bits per heavy atom. The normalized spacial score (nSPS) is 11.6. The molecule has 0 radical (unpaired) electrons. The molecule has 0 saturated carbocycles. The number of amides is 1. The van der Waals surface area contributed by atoms with Crippen LogP contribution in [-0.2, 0) is 4.79 Å². The number of thioether (sulfide) groups is 1. The molecule has 0 bridgehead atoms. The molecule has 0 unspecified atom stereocenters. The molecule has 0 spiro atoms. The summed E-state index contributed by atoms with van der Waals surface area (Å²) in [6.45, 7) is 1.77. The van der Waals surface area contributed by atoms with Crippen LogP contribution in [-0.4, -0.2) is 21.1 Å². The lowest BCUT2D eigenvalue weighted by atomic mass is 10.2. The van der Waals surface area contributed by atoms with E-state index in [0.717, 1.165) is 11.3 Å². The fourth-order valence-electron chi connectivity index (χ4n) is 2.27. The Balaban J connectivity index is 1.64. The molecule has 5 nitrogen and oxygen atoms in total. The Kier molecular flexibility index (Phi) is 5.34. The predicted molar refractivity (Wildman–Crippen MR) is 99.1 cm³/mol. The van der Waals surface area contributed by atoms with E-state index >= 15 is 0 Å². The molecule has 1 heterocycles. The average molecular weight is 366 g/mol. The quantitative estimate of drug-likeness (QED) is 0.663. The number of benzene rings is 2. The maximum Gasteiger partial charge on any atom is 0.237 e. The zero-order chi connectivity index (χ0) is 18.5. The molecule has 130 valence electrons. The molecule has 3 aromatic rings. The van der Waals surface area contributed by atoms with Crippen LogP contribution >= 0.6 is 11.8 Å². The fraction of sp³-hybridized carbons (Fsp3) is 0.105. The zero-order valence-corrected chi connectivity index (χ0v) is 14.7. The minimum Gasteiger partial charge on any atom is -0.333 e. The number of nitriles is 1. The molecule has 0 aliphatic carbocycles. The van der Waals surface area contributed by atoms with E-state index in [4.69, 9.17) is 5.26 Å². The van der Waals surface area contributed by atoms with E-state index in [1.807, 2.05) is 6.07 Å². The van der Waals surface area contributed by atoms with Crippen LogP contribution < -0.4 is 5.32 Å². The van der Waals surface area contributed by atoms with E-state index in [1.54, 1.807) is 49.5 Å². The van der Waals surface area contributed by atoms with Crippen molar-refractivity contribution in [2.24, 2.45) is 0 Å². The predicted octanol–water partition coefficient (Wildman–Crippen LogP) is 4.21. The molecule has 1 atom stereocenters. The molecule has 0 saturated heterocycles. The Labute approximate surface area is 154 Å². The first-order chi connectivity index (χ1) is 12.5. The summed E-state index contributed by atoms with van der Waals surface area (Å²) in [5, 5.41) is 11.9. The van der Waals surface area contributed by atoms with Crippen molar-refractivity contribution in [3.63, 3.8) is 0 Å². The molecule has 1 amide bonds. The van der Waals surface area contributed by atoms with Gasteiger partial charge in [0.25, 0.3) is 0 Å². The van der Waals surface area contributed by atoms with Gasteiger partial charge < -0.3 is 10.3 Å². The summed E-state index contributed by atoms with van der Waals surface area (Å²) in [7, 11) is 0. The topological polar surface area (TPSA) is 81.6 Å². The highest BCUT2D eigenvalue weighted by molar-refractivity contribution is 8.00. The minimum atomic E-state index is -0.395. The molecular formula is C19H15FN4OS. The van der Waals surface area contributed by atoms with E-state index in [9.17, 15) is 9.18 Å². The highest BCUT2D eigenvalue weighted by Crippen LogP contribution is 2.25. The number of nitrogens with one attached hydrogen (secondary N) is 2. The van der Waals surface area contributed by atoms with Crippen LogP contribution in [0.25, 0.3) is 11.3 Å². The largest absolute Gasteiger partial charge is 0.333 e. The lowest BCUT2D eigenvalue weighted by Crippen LogP contribution is -2.22. The van der Waals surface area contributed by atoms with Gasteiger partial charge in [-0.25, -0.2) is 9.37 Å². The van der Waals surface area contributed by atoms with Gasteiger partial charge in [-0.2, -0.15) is 5.26 Å². The lowest BCUT2D eigenvalue weighted by molar-refractivity contribution is -0.115. The standard InChI is InChI=1S/C19H15FN4OS/c1-12(18(25)23-16-4-2-3-13(9-16)10-21)26-19-22-11-17(24-19)14-5-7-15(20)8-6-14/h2-9,11-12H,1H3,(H,22,24)(H,23,25)/t12-/m0/s1. The smallest absolute Gasteiger partial charge is 0.237 e. The Bertz CT molecular complexity index is 962.